The van der Waals surface area contributed by atoms with Gasteiger partial charge in [-0.2, -0.15) is 0 Å². The van der Waals surface area contributed by atoms with E-state index >= 15 is 0 Å². The molecule has 2 N–H and O–H groups in total. The lowest BCUT2D eigenvalue weighted by Crippen LogP contribution is -2.17. The second-order valence-electron chi connectivity index (χ2n) is 6.33. The molecule has 0 atom stereocenters. The molecule has 0 spiro atoms. The standard InChI is InChI=1S/C14H6F5NO2.C7H4F5N/c15-8-9(16)11(18)13(12(19)10(8)17)20-14(22)7-3-1-6(5-21)2-4-7;1-13-7-5(11)3(9)2(8)4(10)6(7)12/h1-5H,(H,20,22);13H,1H3. The van der Waals surface area contributed by atoms with Crippen LogP contribution in [0.5, 0.6) is 0 Å². The first kappa shape index (κ1) is 27.1. The van der Waals surface area contributed by atoms with E-state index in [2.05, 4.69) is 0 Å². The Kier molecular flexibility index (Phi) is 8.44. The number of nitrogens with one attached hydrogen (secondary N) is 2. The summed E-state index contributed by atoms with van der Waals surface area (Å²) in [6.45, 7) is 0. The van der Waals surface area contributed by atoms with Crippen molar-refractivity contribution in [3.8, 4) is 0 Å². The van der Waals surface area contributed by atoms with Crippen LogP contribution in [0.25, 0.3) is 0 Å². The number of hydrogen-bond donors (Lipinski definition) is 2. The topological polar surface area (TPSA) is 58.2 Å². The van der Waals surface area contributed by atoms with E-state index in [-0.39, 0.29) is 11.1 Å². The van der Waals surface area contributed by atoms with E-state index in [0.717, 1.165) is 19.2 Å². The summed E-state index contributed by atoms with van der Waals surface area (Å²) in [4.78, 5) is 22.2. The fourth-order valence-electron chi connectivity index (χ4n) is 2.44. The molecule has 0 heterocycles. The minimum Gasteiger partial charge on any atom is -0.383 e. The monoisotopic (exact) mass is 512 g/mol. The zero-order chi connectivity index (χ0) is 26.6. The fourth-order valence-corrected chi connectivity index (χ4v) is 2.44. The van der Waals surface area contributed by atoms with E-state index in [1.807, 2.05) is 5.32 Å². The molecule has 0 saturated heterocycles. The predicted octanol–water partition coefficient (Wildman–Crippen LogP) is 5.87. The fraction of sp³-hybridized carbons (Fsp3) is 0.0476. The number of halogens is 10. The lowest BCUT2D eigenvalue weighted by molar-refractivity contribution is 0.102. The Labute approximate surface area is 189 Å². The number of aldehydes is 1. The molecular formula is C21H10F10N2O2. The van der Waals surface area contributed by atoms with Gasteiger partial charge < -0.3 is 10.6 Å². The van der Waals surface area contributed by atoms with Crippen LogP contribution in [0.4, 0.5) is 55.3 Å². The van der Waals surface area contributed by atoms with Crippen LogP contribution in [0.3, 0.4) is 0 Å². The van der Waals surface area contributed by atoms with Gasteiger partial charge in [0.25, 0.3) is 5.91 Å². The van der Waals surface area contributed by atoms with Crippen LogP contribution in [-0.4, -0.2) is 19.2 Å². The Bertz CT molecular complexity index is 1240. The average Bonchev–Trinajstić information content (AvgIpc) is 2.87. The summed E-state index contributed by atoms with van der Waals surface area (Å²) in [6, 6.07) is 4.82. The van der Waals surface area contributed by atoms with Crippen LogP contribution < -0.4 is 10.6 Å². The number of rotatable bonds is 4. The Morgan fingerprint density at radius 1 is 0.600 bits per heavy atom. The molecule has 0 aliphatic heterocycles. The van der Waals surface area contributed by atoms with E-state index in [9.17, 15) is 53.5 Å². The summed E-state index contributed by atoms with van der Waals surface area (Å²) >= 11 is 0. The van der Waals surface area contributed by atoms with Gasteiger partial charge in [0.15, 0.2) is 46.5 Å². The summed E-state index contributed by atoms with van der Waals surface area (Å²) in [5.41, 5.74) is -2.36. The Balaban J connectivity index is 0.000000283. The Morgan fingerprint density at radius 3 is 1.29 bits per heavy atom. The van der Waals surface area contributed by atoms with Gasteiger partial charge in [-0.05, 0) is 12.1 Å². The molecule has 0 unspecified atom stereocenters. The molecule has 3 aromatic carbocycles. The lowest BCUT2D eigenvalue weighted by atomic mass is 10.1. The quantitative estimate of drug-likeness (QED) is 0.199. The molecule has 3 rings (SSSR count). The highest BCUT2D eigenvalue weighted by atomic mass is 19.2. The molecule has 35 heavy (non-hydrogen) atoms. The number of anilines is 2. The zero-order valence-corrected chi connectivity index (χ0v) is 17.0. The molecule has 1 amide bonds. The van der Waals surface area contributed by atoms with Crippen molar-refractivity contribution in [3.63, 3.8) is 0 Å². The Morgan fingerprint density at radius 2 is 0.943 bits per heavy atom. The molecule has 0 aromatic heterocycles. The van der Waals surface area contributed by atoms with Crippen molar-refractivity contribution < 1.29 is 53.5 Å². The Hall–Kier alpha value is -4.10. The summed E-state index contributed by atoms with van der Waals surface area (Å²) in [6.07, 6.45) is 0.506. The van der Waals surface area contributed by atoms with Crippen LogP contribution in [0, 0.1) is 58.2 Å². The van der Waals surface area contributed by atoms with Crippen LogP contribution in [0.1, 0.15) is 20.7 Å². The van der Waals surface area contributed by atoms with Crippen LogP contribution in [0.2, 0.25) is 0 Å². The van der Waals surface area contributed by atoms with Crippen molar-refractivity contribution in [1.29, 1.82) is 0 Å². The van der Waals surface area contributed by atoms with Gasteiger partial charge in [0, 0.05) is 18.2 Å². The number of carbonyl (C=O) groups is 2. The van der Waals surface area contributed by atoms with Crippen molar-refractivity contribution in [3.05, 3.63) is 93.6 Å². The highest BCUT2D eigenvalue weighted by Gasteiger charge is 2.27. The maximum atomic E-state index is 13.4. The van der Waals surface area contributed by atoms with Gasteiger partial charge >= 0.3 is 0 Å². The molecule has 0 radical (unpaired) electrons. The van der Waals surface area contributed by atoms with Gasteiger partial charge in [0.05, 0.1) is 0 Å². The first-order valence-corrected chi connectivity index (χ1v) is 8.94. The highest BCUT2D eigenvalue weighted by molar-refractivity contribution is 6.04. The number of hydrogen-bond acceptors (Lipinski definition) is 3. The largest absolute Gasteiger partial charge is 0.383 e. The van der Waals surface area contributed by atoms with Crippen LogP contribution >= 0.6 is 0 Å². The average molecular weight is 512 g/mol. The molecule has 14 heteroatoms. The molecule has 186 valence electrons. The minimum absolute atomic E-state index is 0.130. The maximum Gasteiger partial charge on any atom is 0.255 e. The number of amides is 1. The SMILES string of the molecule is CNc1c(F)c(F)c(F)c(F)c1F.O=Cc1ccc(C(=O)Nc2c(F)c(F)c(F)c(F)c2F)cc1. The molecule has 0 bridgehead atoms. The van der Waals surface area contributed by atoms with Crippen molar-refractivity contribution in [1.82, 2.24) is 0 Å². The molecule has 0 fully saturated rings. The first-order valence-electron chi connectivity index (χ1n) is 8.94. The van der Waals surface area contributed by atoms with Gasteiger partial charge in [0.1, 0.15) is 17.7 Å². The molecular weight excluding hydrogens is 502 g/mol. The van der Waals surface area contributed by atoms with Crippen LogP contribution in [-0.2, 0) is 0 Å². The van der Waals surface area contributed by atoms with Crippen molar-refractivity contribution in [2.75, 3.05) is 17.7 Å². The van der Waals surface area contributed by atoms with E-state index in [0.29, 0.717) is 6.29 Å². The third-order valence-corrected chi connectivity index (χ3v) is 4.22. The summed E-state index contributed by atoms with van der Waals surface area (Å²) in [5.74, 6) is -21.8. The van der Waals surface area contributed by atoms with E-state index in [1.54, 1.807) is 5.32 Å². The molecule has 0 saturated carbocycles. The van der Waals surface area contributed by atoms with E-state index in [4.69, 9.17) is 0 Å². The zero-order valence-electron chi connectivity index (χ0n) is 17.0. The third-order valence-electron chi connectivity index (χ3n) is 4.22. The van der Waals surface area contributed by atoms with Gasteiger partial charge in [-0.15, -0.1) is 0 Å². The highest BCUT2D eigenvalue weighted by Crippen LogP contribution is 2.28. The second-order valence-corrected chi connectivity index (χ2v) is 6.33. The smallest absolute Gasteiger partial charge is 0.255 e. The van der Waals surface area contributed by atoms with E-state index in [1.165, 1.54) is 12.1 Å². The minimum atomic E-state index is -2.32. The molecule has 0 aliphatic carbocycles. The summed E-state index contributed by atoms with van der Waals surface area (Å²) in [7, 11) is 1.05. The lowest BCUT2D eigenvalue weighted by Gasteiger charge is -2.10. The molecule has 4 nitrogen and oxygen atoms in total. The van der Waals surface area contributed by atoms with Gasteiger partial charge in [-0.25, -0.2) is 43.9 Å². The van der Waals surface area contributed by atoms with Crippen molar-refractivity contribution >= 4 is 23.6 Å². The second kappa shape index (κ2) is 10.9. The van der Waals surface area contributed by atoms with E-state index < -0.39 is 75.5 Å². The van der Waals surface area contributed by atoms with Gasteiger partial charge in [-0.1, -0.05) is 12.1 Å². The number of benzene rings is 3. The number of carbonyl (C=O) groups excluding carboxylic acids is 2. The van der Waals surface area contributed by atoms with Gasteiger partial charge in [-0.3, -0.25) is 9.59 Å². The van der Waals surface area contributed by atoms with Crippen molar-refractivity contribution in [2.45, 2.75) is 0 Å². The summed E-state index contributed by atoms with van der Waals surface area (Å²) < 4.78 is 128. The molecule has 3 aromatic rings. The summed E-state index contributed by atoms with van der Waals surface area (Å²) in [5, 5.41) is 3.49. The van der Waals surface area contributed by atoms with Gasteiger partial charge in [0.2, 0.25) is 11.6 Å². The first-order chi connectivity index (χ1) is 16.4. The van der Waals surface area contributed by atoms with Crippen LogP contribution in [0.15, 0.2) is 24.3 Å². The van der Waals surface area contributed by atoms with Crippen molar-refractivity contribution in [2.24, 2.45) is 0 Å². The maximum absolute atomic E-state index is 13.4. The third kappa shape index (κ3) is 5.36. The molecule has 0 aliphatic rings. The normalized spacial score (nSPS) is 10.4. The predicted molar refractivity (Wildman–Crippen MR) is 102 cm³/mol.